The van der Waals surface area contributed by atoms with Crippen LogP contribution in [-0.4, -0.2) is 54.9 Å². The standard InChI is InChI=1S/C13H19ClN2OS/c1-2-5-15-6-8-16(9-7-15)10-11(17)12-3-4-13(14)18-12/h3-4H,2,5-10H2,1H3. The molecule has 2 rings (SSSR count). The zero-order valence-electron chi connectivity index (χ0n) is 10.7. The molecule has 1 aromatic heterocycles. The fraction of sp³-hybridized carbons (Fsp3) is 0.615. The molecular weight excluding hydrogens is 268 g/mol. The second kappa shape index (κ2) is 6.66. The van der Waals surface area contributed by atoms with Crippen LogP contribution < -0.4 is 0 Å². The minimum Gasteiger partial charge on any atom is -0.301 e. The van der Waals surface area contributed by atoms with Gasteiger partial charge in [0.15, 0.2) is 5.78 Å². The van der Waals surface area contributed by atoms with E-state index in [1.54, 1.807) is 6.07 Å². The van der Waals surface area contributed by atoms with Crippen LogP contribution in [0.5, 0.6) is 0 Å². The summed E-state index contributed by atoms with van der Waals surface area (Å²) in [6, 6.07) is 3.61. The summed E-state index contributed by atoms with van der Waals surface area (Å²) in [6.45, 7) is 8.03. The van der Waals surface area contributed by atoms with Gasteiger partial charge in [-0.05, 0) is 25.1 Å². The van der Waals surface area contributed by atoms with E-state index in [0.29, 0.717) is 10.9 Å². The van der Waals surface area contributed by atoms with Gasteiger partial charge >= 0.3 is 0 Å². The highest BCUT2D eigenvalue weighted by molar-refractivity contribution is 7.18. The smallest absolute Gasteiger partial charge is 0.186 e. The van der Waals surface area contributed by atoms with Crippen molar-refractivity contribution in [3.63, 3.8) is 0 Å². The molecule has 3 nitrogen and oxygen atoms in total. The van der Waals surface area contributed by atoms with E-state index in [2.05, 4.69) is 16.7 Å². The lowest BCUT2D eigenvalue weighted by molar-refractivity contribution is 0.0857. The lowest BCUT2D eigenvalue weighted by Crippen LogP contribution is -2.47. The second-order valence-electron chi connectivity index (χ2n) is 4.64. The van der Waals surface area contributed by atoms with Crippen LogP contribution in [0.15, 0.2) is 12.1 Å². The average Bonchev–Trinajstić information content (AvgIpc) is 2.79. The highest BCUT2D eigenvalue weighted by Crippen LogP contribution is 2.22. The van der Waals surface area contributed by atoms with Crippen molar-refractivity contribution in [1.82, 2.24) is 9.80 Å². The van der Waals surface area contributed by atoms with Gasteiger partial charge in [0, 0.05) is 26.2 Å². The van der Waals surface area contributed by atoms with Crippen LogP contribution in [-0.2, 0) is 0 Å². The van der Waals surface area contributed by atoms with Crippen molar-refractivity contribution in [2.75, 3.05) is 39.3 Å². The van der Waals surface area contributed by atoms with E-state index in [1.165, 1.54) is 24.3 Å². The van der Waals surface area contributed by atoms with Crippen molar-refractivity contribution >= 4 is 28.7 Å². The molecule has 0 unspecified atom stereocenters. The van der Waals surface area contributed by atoms with Crippen molar-refractivity contribution in [2.45, 2.75) is 13.3 Å². The Labute approximate surface area is 117 Å². The molecule has 0 aliphatic carbocycles. The zero-order chi connectivity index (χ0) is 13.0. The molecule has 1 aromatic rings. The molecule has 0 spiro atoms. The number of thiophene rings is 1. The van der Waals surface area contributed by atoms with Crippen molar-refractivity contribution < 1.29 is 4.79 Å². The first kappa shape index (κ1) is 14.0. The molecule has 2 heterocycles. The summed E-state index contributed by atoms with van der Waals surface area (Å²) in [6.07, 6.45) is 1.20. The summed E-state index contributed by atoms with van der Waals surface area (Å²) in [4.78, 5) is 17.5. The van der Waals surface area contributed by atoms with E-state index in [0.717, 1.165) is 31.1 Å². The summed E-state index contributed by atoms with van der Waals surface area (Å²) in [7, 11) is 0. The minimum absolute atomic E-state index is 0.191. The van der Waals surface area contributed by atoms with Crippen LogP contribution in [0, 0.1) is 0 Å². The van der Waals surface area contributed by atoms with Crippen LogP contribution in [0.25, 0.3) is 0 Å². The topological polar surface area (TPSA) is 23.6 Å². The highest BCUT2D eigenvalue weighted by atomic mass is 35.5. The van der Waals surface area contributed by atoms with Gasteiger partial charge in [-0.25, -0.2) is 0 Å². The van der Waals surface area contributed by atoms with Crippen molar-refractivity contribution in [2.24, 2.45) is 0 Å². The first-order valence-corrected chi connectivity index (χ1v) is 7.61. The van der Waals surface area contributed by atoms with Crippen LogP contribution in [0.4, 0.5) is 0 Å². The third-order valence-electron chi connectivity index (χ3n) is 3.22. The summed E-state index contributed by atoms with van der Waals surface area (Å²) in [5.74, 6) is 0.191. The summed E-state index contributed by atoms with van der Waals surface area (Å²) in [5, 5.41) is 0. The number of carbonyl (C=O) groups is 1. The summed E-state index contributed by atoms with van der Waals surface area (Å²) < 4.78 is 0.686. The number of ketones is 1. The number of rotatable bonds is 5. The normalized spacial score (nSPS) is 18.1. The Morgan fingerprint density at radius 2 is 1.94 bits per heavy atom. The van der Waals surface area contributed by atoms with Gasteiger partial charge in [-0.3, -0.25) is 9.69 Å². The van der Waals surface area contributed by atoms with Gasteiger partial charge in [-0.2, -0.15) is 0 Å². The quantitative estimate of drug-likeness (QED) is 0.778. The van der Waals surface area contributed by atoms with Gasteiger partial charge in [0.1, 0.15) is 0 Å². The predicted octanol–water partition coefficient (Wildman–Crippen LogP) is 2.61. The molecule has 0 radical (unpaired) electrons. The fourth-order valence-corrected chi connectivity index (χ4v) is 3.21. The molecule has 0 bridgehead atoms. The van der Waals surface area contributed by atoms with Crippen LogP contribution in [0.3, 0.4) is 0 Å². The fourth-order valence-electron chi connectivity index (χ4n) is 2.23. The Morgan fingerprint density at radius 3 is 2.50 bits per heavy atom. The van der Waals surface area contributed by atoms with Crippen LogP contribution in [0.2, 0.25) is 4.34 Å². The molecule has 18 heavy (non-hydrogen) atoms. The molecule has 100 valence electrons. The molecule has 1 saturated heterocycles. The number of hydrogen-bond donors (Lipinski definition) is 0. The molecule has 1 fully saturated rings. The van der Waals surface area contributed by atoms with Gasteiger partial charge in [0.05, 0.1) is 15.8 Å². The third-order valence-corrected chi connectivity index (χ3v) is 4.49. The highest BCUT2D eigenvalue weighted by Gasteiger charge is 2.19. The number of nitrogens with zero attached hydrogens (tertiary/aromatic N) is 2. The van der Waals surface area contributed by atoms with Crippen LogP contribution >= 0.6 is 22.9 Å². The number of piperazine rings is 1. The lowest BCUT2D eigenvalue weighted by Gasteiger charge is -2.33. The molecule has 1 aliphatic heterocycles. The first-order valence-electron chi connectivity index (χ1n) is 6.42. The average molecular weight is 287 g/mol. The van der Waals surface area contributed by atoms with E-state index in [4.69, 9.17) is 11.6 Å². The van der Waals surface area contributed by atoms with Gasteiger partial charge in [-0.15, -0.1) is 11.3 Å². The summed E-state index contributed by atoms with van der Waals surface area (Å²) >= 11 is 7.22. The Kier molecular flexibility index (Phi) is 5.18. The molecule has 1 aliphatic rings. The zero-order valence-corrected chi connectivity index (χ0v) is 12.3. The maximum Gasteiger partial charge on any atom is 0.186 e. The first-order chi connectivity index (χ1) is 8.69. The number of hydrogen-bond acceptors (Lipinski definition) is 4. The van der Waals surface area contributed by atoms with Crippen molar-refractivity contribution in [1.29, 1.82) is 0 Å². The van der Waals surface area contributed by atoms with E-state index in [-0.39, 0.29) is 5.78 Å². The second-order valence-corrected chi connectivity index (χ2v) is 6.36. The Balaban J connectivity index is 1.79. The maximum atomic E-state index is 12.0. The maximum absolute atomic E-state index is 12.0. The Bertz CT molecular complexity index is 399. The van der Waals surface area contributed by atoms with Gasteiger partial charge in [-0.1, -0.05) is 18.5 Å². The summed E-state index contributed by atoms with van der Waals surface area (Å²) in [5.41, 5.74) is 0. The van der Waals surface area contributed by atoms with Crippen LogP contribution in [0.1, 0.15) is 23.0 Å². The number of halogens is 1. The number of Topliss-reactive ketones (excluding diaryl/α,β-unsaturated/α-hetero) is 1. The largest absolute Gasteiger partial charge is 0.301 e. The number of carbonyl (C=O) groups excluding carboxylic acids is 1. The molecule has 0 aromatic carbocycles. The van der Waals surface area contributed by atoms with E-state index in [1.807, 2.05) is 6.07 Å². The monoisotopic (exact) mass is 286 g/mol. The van der Waals surface area contributed by atoms with Crippen molar-refractivity contribution in [3.8, 4) is 0 Å². The third kappa shape index (κ3) is 3.79. The van der Waals surface area contributed by atoms with E-state index in [9.17, 15) is 4.79 Å². The lowest BCUT2D eigenvalue weighted by atomic mass is 10.2. The molecule has 5 heteroatoms. The SMILES string of the molecule is CCCN1CCN(CC(=O)c2ccc(Cl)s2)CC1. The van der Waals surface area contributed by atoms with Gasteiger partial charge in [0.25, 0.3) is 0 Å². The Morgan fingerprint density at radius 1 is 1.28 bits per heavy atom. The van der Waals surface area contributed by atoms with Gasteiger partial charge in [0.2, 0.25) is 0 Å². The van der Waals surface area contributed by atoms with Crippen molar-refractivity contribution in [3.05, 3.63) is 21.3 Å². The predicted molar refractivity (Wildman–Crippen MR) is 76.8 cm³/mol. The minimum atomic E-state index is 0.191. The van der Waals surface area contributed by atoms with E-state index < -0.39 is 0 Å². The molecule has 0 atom stereocenters. The van der Waals surface area contributed by atoms with E-state index >= 15 is 0 Å². The molecule has 0 amide bonds. The molecule has 0 N–H and O–H groups in total. The molecule has 0 saturated carbocycles. The van der Waals surface area contributed by atoms with Gasteiger partial charge < -0.3 is 4.90 Å². The molecular formula is C13H19ClN2OS. The Hall–Kier alpha value is -0.420.